The minimum atomic E-state index is -1.04. The number of rotatable bonds is 3. The van der Waals surface area contributed by atoms with Crippen LogP contribution < -0.4 is 11.1 Å². The van der Waals surface area contributed by atoms with E-state index in [1.165, 1.54) is 0 Å². The van der Waals surface area contributed by atoms with E-state index in [0.717, 1.165) is 17.7 Å². The quantitative estimate of drug-likeness (QED) is 0.847. The first kappa shape index (κ1) is 14.0. The summed E-state index contributed by atoms with van der Waals surface area (Å²) in [4.78, 5) is 12.0. The summed E-state index contributed by atoms with van der Waals surface area (Å²) in [6, 6.07) is 10.8. The van der Waals surface area contributed by atoms with Crippen LogP contribution in [0.2, 0.25) is 0 Å². The predicted molar refractivity (Wildman–Crippen MR) is 73.1 cm³/mol. The Bertz CT molecular complexity index is 629. The van der Waals surface area contributed by atoms with Crippen LogP contribution in [0.4, 0.5) is 14.5 Å². The van der Waals surface area contributed by atoms with Gasteiger partial charge >= 0.3 is 0 Å². The van der Waals surface area contributed by atoms with E-state index in [1.807, 2.05) is 30.3 Å². The van der Waals surface area contributed by atoms with Crippen LogP contribution in [0.15, 0.2) is 42.5 Å². The Labute approximate surface area is 115 Å². The molecule has 0 aliphatic heterocycles. The molecule has 5 heteroatoms. The van der Waals surface area contributed by atoms with Crippen LogP contribution in [0.25, 0.3) is 0 Å². The van der Waals surface area contributed by atoms with Crippen molar-refractivity contribution in [2.75, 3.05) is 5.73 Å². The van der Waals surface area contributed by atoms with Gasteiger partial charge in [0, 0.05) is 0 Å². The van der Waals surface area contributed by atoms with Crippen LogP contribution >= 0.6 is 0 Å². The molecule has 3 N–H and O–H groups in total. The molecule has 1 atom stereocenters. The fourth-order valence-electron chi connectivity index (χ4n) is 1.87. The van der Waals surface area contributed by atoms with Gasteiger partial charge in [-0.25, -0.2) is 8.78 Å². The van der Waals surface area contributed by atoms with Crippen molar-refractivity contribution in [3.8, 4) is 0 Å². The number of nitrogen functional groups attached to an aromatic ring is 1. The zero-order valence-electron chi connectivity index (χ0n) is 10.9. The SMILES string of the molecule is C[C@H](NC(=O)c1c(F)ccc(N)c1F)c1ccccc1. The number of anilines is 1. The summed E-state index contributed by atoms with van der Waals surface area (Å²) in [5, 5.41) is 2.55. The first-order chi connectivity index (χ1) is 9.50. The highest BCUT2D eigenvalue weighted by Gasteiger charge is 2.21. The van der Waals surface area contributed by atoms with Gasteiger partial charge in [0.1, 0.15) is 11.4 Å². The molecule has 2 aromatic carbocycles. The molecule has 0 saturated carbocycles. The fourth-order valence-corrected chi connectivity index (χ4v) is 1.87. The normalized spacial score (nSPS) is 11.9. The Morgan fingerprint density at radius 2 is 1.80 bits per heavy atom. The van der Waals surface area contributed by atoms with Crippen molar-refractivity contribution in [2.24, 2.45) is 0 Å². The third-order valence-corrected chi connectivity index (χ3v) is 3.00. The monoisotopic (exact) mass is 276 g/mol. The number of nitrogens with two attached hydrogens (primary N) is 1. The molecule has 3 nitrogen and oxygen atoms in total. The minimum Gasteiger partial charge on any atom is -0.396 e. The van der Waals surface area contributed by atoms with E-state index >= 15 is 0 Å². The summed E-state index contributed by atoms with van der Waals surface area (Å²) in [7, 11) is 0. The summed E-state index contributed by atoms with van der Waals surface area (Å²) in [6.45, 7) is 1.73. The summed E-state index contributed by atoms with van der Waals surface area (Å²) >= 11 is 0. The molecule has 0 saturated heterocycles. The predicted octanol–water partition coefficient (Wildman–Crippen LogP) is 3.04. The van der Waals surface area contributed by atoms with Gasteiger partial charge in [-0.1, -0.05) is 30.3 Å². The Morgan fingerprint density at radius 3 is 2.45 bits per heavy atom. The van der Waals surface area contributed by atoms with Gasteiger partial charge in [0.25, 0.3) is 5.91 Å². The van der Waals surface area contributed by atoms with Crippen molar-refractivity contribution < 1.29 is 13.6 Å². The highest BCUT2D eigenvalue weighted by atomic mass is 19.1. The molecule has 0 aliphatic rings. The van der Waals surface area contributed by atoms with Crippen molar-refractivity contribution in [3.63, 3.8) is 0 Å². The van der Waals surface area contributed by atoms with Crippen molar-refractivity contribution in [1.29, 1.82) is 0 Å². The standard InChI is InChI=1S/C15H14F2N2O/c1-9(10-5-3-2-4-6-10)19-15(20)13-11(16)7-8-12(18)14(13)17/h2-9H,18H2,1H3,(H,19,20)/t9-/m0/s1. The maximum absolute atomic E-state index is 13.7. The smallest absolute Gasteiger partial charge is 0.257 e. The molecule has 0 unspecified atom stereocenters. The molecule has 0 spiro atoms. The zero-order valence-corrected chi connectivity index (χ0v) is 10.9. The minimum absolute atomic E-state index is 0.260. The van der Waals surface area contributed by atoms with Gasteiger partial charge in [0.15, 0.2) is 5.82 Å². The van der Waals surface area contributed by atoms with Gasteiger partial charge in [-0.2, -0.15) is 0 Å². The topological polar surface area (TPSA) is 55.1 Å². The molecular weight excluding hydrogens is 262 g/mol. The third-order valence-electron chi connectivity index (χ3n) is 3.00. The van der Waals surface area contributed by atoms with Crippen LogP contribution in [0, 0.1) is 11.6 Å². The first-order valence-electron chi connectivity index (χ1n) is 6.10. The molecule has 104 valence electrons. The summed E-state index contributed by atoms with van der Waals surface area (Å²) in [5.41, 5.74) is 5.27. The molecule has 0 heterocycles. The van der Waals surface area contributed by atoms with Crippen LogP contribution in [0.3, 0.4) is 0 Å². The van der Waals surface area contributed by atoms with E-state index in [1.54, 1.807) is 6.92 Å². The van der Waals surface area contributed by atoms with E-state index in [2.05, 4.69) is 5.32 Å². The highest BCUT2D eigenvalue weighted by Crippen LogP contribution is 2.20. The fraction of sp³-hybridized carbons (Fsp3) is 0.133. The zero-order chi connectivity index (χ0) is 14.7. The molecule has 0 aromatic heterocycles. The Kier molecular flexibility index (Phi) is 3.98. The van der Waals surface area contributed by atoms with Crippen LogP contribution in [0.5, 0.6) is 0 Å². The van der Waals surface area contributed by atoms with Crippen LogP contribution in [-0.4, -0.2) is 5.91 Å². The number of halogens is 2. The number of hydrogen-bond acceptors (Lipinski definition) is 2. The molecule has 0 fully saturated rings. The van der Waals surface area contributed by atoms with Crippen molar-refractivity contribution >= 4 is 11.6 Å². The number of nitrogens with one attached hydrogen (secondary N) is 1. The van der Waals surface area contributed by atoms with Gasteiger partial charge in [-0.3, -0.25) is 4.79 Å². The van der Waals surface area contributed by atoms with Crippen LogP contribution in [0.1, 0.15) is 28.9 Å². The van der Waals surface area contributed by atoms with Gasteiger partial charge in [0.2, 0.25) is 0 Å². The van der Waals surface area contributed by atoms with Gasteiger partial charge < -0.3 is 11.1 Å². The van der Waals surface area contributed by atoms with Crippen molar-refractivity contribution in [1.82, 2.24) is 5.32 Å². The maximum atomic E-state index is 13.7. The van der Waals surface area contributed by atoms with Crippen molar-refractivity contribution in [2.45, 2.75) is 13.0 Å². The average molecular weight is 276 g/mol. The first-order valence-corrected chi connectivity index (χ1v) is 6.10. The number of amides is 1. The van der Waals surface area contributed by atoms with Crippen molar-refractivity contribution in [3.05, 3.63) is 65.2 Å². The Morgan fingerprint density at radius 1 is 1.15 bits per heavy atom. The number of benzene rings is 2. The second kappa shape index (κ2) is 5.69. The largest absolute Gasteiger partial charge is 0.396 e. The van der Waals surface area contributed by atoms with E-state index < -0.39 is 23.1 Å². The lowest BCUT2D eigenvalue weighted by Gasteiger charge is -2.15. The molecule has 0 bridgehead atoms. The maximum Gasteiger partial charge on any atom is 0.257 e. The Balaban J connectivity index is 2.23. The van der Waals surface area contributed by atoms with Crippen LogP contribution in [-0.2, 0) is 0 Å². The van der Waals surface area contributed by atoms with Gasteiger partial charge in [-0.05, 0) is 24.6 Å². The average Bonchev–Trinajstić information content (AvgIpc) is 2.44. The molecule has 2 rings (SSSR count). The summed E-state index contributed by atoms with van der Waals surface area (Å²) in [5.74, 6) is -2.80. The molecule has 0 radical (unpaired) electrons. The lowest BCUT2D eigenvalue weighted by molar-refractivity contribution is 0.0931. The molecule has 2 aromatic rings. The van der Waals surface area contributed by atoms with Gasteiger partial charge in [-0.15, -0.1) is 0 Å². The summed E-state index contributed by atoms with van der Waals surface area (Å²) < 4.78 is 27.3. The number of carbonyl (C=O) groups is 1. The Hall–Kier alpha value is -2.43. The molecule has 20 heavy (non-hydrogen) atoms. The van der Waals surface area contributed by atoms with E-state index in [-0.39, 0.29) is 11.7 Å². The second-order valence-corrected chi connectivity index (χ2v) is 4.43. The van der Waals surface area contributed by atoms with E-state index in [9.17, 15) is 13.6 Å². The van der Waals surface area contributed by atoms with E-state index in [0.29, 0.717) is 0 Å². The molecule has 1 amide bonds. The third kappa shape index (κ3) is 2.77. The lowest BCUT2D eigenvalue weighted by atomic mass is 10.1. The number of carbonyl (C=O) groups excluding carboxylic acids is 1. The second-order valence-electron chi connectivity index (χ2n) is 4.43. The number of hydrogen-bond donors (Lipinski definition) is 2. The van der Waals surface area contributed by atoms with Gasteiger partial charge in [0.05, 0.1) is 11.7 Å². The van der Waals surface area contributed by atoms with E-state index in [4.69, 9.17) is 5.73 Å². The molecular formula is C15H14F2N2O. The summed E-state index contributed by atoms with van der Waals surface area (Å²) in [6.07, 6.45) is 0. The molecule has 0 aliphatic carbocycles. The highest BCUT2D eigenvalue weighted by molar-refractivity contribution is 5.95. The lowest BCUT2D eigenvalue weighted by Crippen LogP contribution is -2.28.